The zero-order valence-electron chi connectivity index (χ0n) is 9.71. The van der Waals surface area contributed by atoms with E-state index in [1.54, 1.807) is 0 Å². The van der Waals surface area contributed by atoms with E-state index in [1.807, 2.05) is 0 Å². The van der Waals surface area contributed by atoms with Crippen molar-refractivity contribution in [1.29, 1.82) is 0 Å². The zero-order valence-corrected chi connectivity index (χ0v) is 12.0. The van der Waals surface area contributed by atoms with Crippen LogP contribution in [0.3, 0.4) is 0 Å². The van der Waals surface area contributed by atoms with Gasteiger partial charge in [-0.15, -0.1) is 0 Å². The van der Waals surface area contributed by atoms with Crippen LogP contribution < -0.4 is 0 Å². The minimum atomic E-state index is -3.72. The van der Waals surface area contributed by atoms with Gasteiger partial charge in [-0.25, -0.2) is 8.42 Å². The molecule has 0 amide bonds. The maximum Gasteiger partial charge on any atom is 0.307 e. The van der Waals surface area contributed by atoms with Crippen molar-refractivity contribution in [2.24, 2.45) is 5.92 Å². The average Bonchev–Trinajstić information content (AvgIpc) is 2.82. The molecule has 1 aliphatic rings. The molecule has 1 N–H and O–H groups in total. The fraction of sp³-hybridized carbons (Fsp3) is 0.364. The average molecular weight is 324 g/mol. The molecular weight excluding hydrogens is 313 g/mol. The summed E-state index contributed by atoms with van der Waals surface area (Å²) >= 11 is 11.5. The third-order valence-electron chi connectivity index (χ3n) is 3.03. The predicted octanol–water partition coefficient (Wildman–Crippen LogP) is 2.09. The summed E-state index contributed by atoms with van der Waals surface area (Å²) < 4.78 is 25.8. The van der Waals surface area contributed by atoms with Crippen LogP contribution in [0.2, 0.25) is 10.0 Å². The Morgan fingerprint density at radius 1 is 1.32 bits per heavy atom. The number of carbonyl (C=O) groups is 1. The van der Waals surface area contributed by atoms with Crippen LogP contribution in [0.4, 0.5) is 0 Å². The van der Waals surface area contributed by atoms with Crippen molar-refractivity contribution in [2.45, 2.75) is 11.3 Å². The lowest BCUT2D eigenvalue weighted by Gasteiger charge is -2.16. The van der Waals surface area contributed by atoms with Crippen LogP contribution in [0.25, 0.3) is 0 Å². The standard InChI is InChI=1S/C11H11Cl2NO4S/c12-9-2-1-8(5-10(9)13)19(17,18)14-4-3-7(6-14)11(15)16/h1-2,5,7H,3-4,6H2,(H,15,16). The van der Waals surface area contributed by atoms with E-state index < -0.39 is 21.9 Å². The van der Waals surface area contributed by atoms with Gasteiger partial charge in [-0.1, -0.05) is 23.2 Å². The summed E-state index contributed by atoms with van der Waals surface area (Å²) in [5.74, 6) is -1.63. The molecule has 1 aliphatic heterocycles. The molecule has 19 heavy (non-hydrogen) atoms. The third kappa shape index (κ3) is 2.86. The van der Waals surface area contributed by atoms with Gasteiger partial charge in [0, 0.05) is 13.1 Å². The maximum atomic E-state index is 12.3. The molecule has 1 aromatic rings. The van der Waals surface area contributed by atoms with Crippen LogP contribution in [0, 0.1) is 5.92 Å². The van der Waals surface area contributed by atoms with Gasteiger partial charge in [0.2, 0.25) is 10.0 Å². The molecule has 0 bridgehead atoms. The minimum Gasteiger partial charge on any atom is -0.481 e. The Morgan fingerprint density at radius 3 is 2.53 bits per heavy atom. The summed E-state index contributed by atoms with van der Waals surface area (Å²) in [6.07, 6.45) is 0.315. The van der Waals surface area contributed by atoms with Crippen LogP contribution in [-0.2, 0) is 14.8 Å². The second-order valence-corrected chi connectivity index (χ2v) is 7.02. The molecule has 0 aliphatic carbocycles. The van der Waals surface area contributed by atoms with Crippen molar-refractivity contribution in [3.05, 3.63) is 28.2 Å². The first kappa shape index (κ1) is 14.6. The molecule has 2 rings (SSSR count). The summed E-state index contributed by atoms with van der Waals surface area (Å²) in [6.45, 7) is 0.178. The lowest BCUT2D eigenvalue weighted by Crippen LogP contribution is -2.30. The molecule has 0 radical (unpaired) electrons. The van der Waals surface area contributed by atoms with Gasteiger partial charge in [0.1, 0.15) is 0 Å². The highest BCUT2D eigenvalue weighted by molar-refractivity contribution is 7.89. The Kier molecular flexibility index (Phi) is 4.06. The van der Waals surface area contributed by atoms with Gasteiger partial charge in [-0.05, 0) is 24.6 Å². The van der Waals surface area contributed by atoms with Crippen molar-refractivity contribution in [3.63, 3.8) is 0 Å². The normalized spacial score (nSPS) is 20.6. The Morgan fingerprint density at radius 2 is 2.00 bits per heavy atom. The van der Waals surface area contributed by atoms with Gasteiger partial charge in [0.25, 0.3) is 0 Å². The maximum absolute atomic E-state index is 12.3. The highest BCUT2D eigenvalue weighted by Crippen LogP contribution is 2.29. The summed E-state index contributed by atoms with van der Waals surface area (Å²) in [7, 11) is -3.72. The number of carboxylic acids is 1. The van der Waals surface area contributed by atoms with Crippen LogP contribution in [0.15, 0.2) is 23.1 Å². The number of nitrogens with zero attached hydrogens (tertiary/aromatic N) is 1. The second kappa shape index (κ2) is 5.28. The summed E-state index contributed by atoms with van der Waals surface area (Å²) in [5.41, 5.74) is 0. The molecule has 5 nitrogen and oxygen atoms in total. The zero-order chi connectivity index (χ0) is 14.2. The van der Waals surface area contributed by atoms with Crippen molar-refractivity contribution >= 4 is 39.2 Å². The highest BCUT2D eigenvalue weighted by Gasteiger charge is 2.35. The van der Waals surface area contributed by atoms with E-state index in [9.17, 15) is 13.2 Å². The fourth-order valence-electron chi connectivity index (χ4n) is 1.93. The Labute approximate surface area is 120 Å². The molecule has 1 saturated heterocycles. The molecule has 8 heteroatoms. The molecule has 0 spiro atoms. The van der Waals surface area contributed by atoms with E-state index in [0.29, 0.717) is 6.42 Å². The predicted molar refractivity (Wildman–Crippen MR) is 71.0 cm³/mol. The second-order valence-electron chi connectivity index (χ2n) is 4.26. The molecule has 1 atom stereocenters. The van der Waals surface area contributed by atoms with Crippen molar-refractivity contribution in [3.8, 4) is 0 Å². The first-order valence-electron chi connectivity index (χ1n) is 5.50. The van der Waals surface area contributed by atoms with E-state index in [-0.39, 0.29) is 28.0 Å². The Bertz CT molecular complexity index is 617. The van der Waals surface area contributed by atoms with Gasteiger partial charge in [-0.2, -0.15) is 4.31 Å². The molecule has 1 heterocycles. The monoisotopic (exact) mass is 323 g/mol. The Balaban J connectivity index is 2.28. The SMILES string of the molecule is O=C(O)C1CCN(S(=O)(=O)c2ccc(Cl)c(Cl)c2)C1. The summed E-state index contributed by atoms with van der Waals surface area (Å²) in [4.78, 5) is 10.9. The lowest BCUT2D eigenvalue weighted by atomic mass is 10.1. The molecule has 1 unspecified atom stereocenters. The van der Waals surface area contributed by atoms with Crippen LogP contribution in [-0.4, -0.2) is 36.9 Å². The van der Waals surface area contributed by atoms with E-state index in [4.69, 9.17) is 28.3 Å². The smallest absolute Gasteiger partial charge is 0.307 e. The number of rotatable bonds is 3. The van der Waals surface area contributed by atoms with Gasteiger partial charge in [-0.3, -0.25) is 4.79 Å². The van der Waals surface area contributed by atoms with E-state index in [2.05, 4.69) is 0 Å². The lowest BCUT2D eigenvalue weighted by molar-refractivity contribution is -0.141. The highest BCUT2D eigenvalue weighted by atomic mass is 35.5. The van der Waals surface area contributed by atoms with Crippen molar-refractivity contribution in [1.82, 2.24) is 4.31 Å². The first-order chi connectivity index (χ1) is 8.82. The summed E-state index contributed by atoms with van der Waals surface area (Å²) in [6, 6.07) is 4.03. The van der Waals surface area contributed by atoms with E-state index in [0.717, 1.165) is 4.31 Å². The molecule has 0 saturated carbocycles. The summed E-state index contributed by atoms with van der Waals surface area (Å²) in [5, 5.41) is 9.31. The molecule has 0 aromatic heterocycles. The number of halogens is 2. The topological polar surface area (TPSA) is 74.7 Å². The number of aliphatic carboxylic acids is 1. The van der Waals surface area contributed by atoms with Crippen molar-refractivity contribution in [2.75, 3.05) is 13.1 Å². The van der Waals surface area contributed by atoms with Crippen LogP contribution in [0.5, 0.6) is 0 Å². The van der Waals surface area contributed by atoms with Gasteiger partial charge in [0.15, 0.2) is 0 Å². The van der Waals surface area contributed by atoms with Gasteiger partial charge >= 0.3 is 5.97 Å². The van der Waals surface area contributed by atoms with Crippen LogP contribution >= 0.6 is 23.2 Å². The minimum absolute atomic E-state index is 0.0160. The molecule has 1 fully saturated rings. The molecule has 104 valence electrons. The fourth-order valence-corrected chi connectivity index (χ4v) is 3.82. The third-order valence-corrected chi connectivity index (χ3v) is 5.63. The van der Waals surface area contributed by atoms with Crippen molar-refractivity contribution < 1.29 is 18.3 Å². The van der Waals surface area contributed by atoms with E-state index >= 15 is 0 Å². The number of carboxylic acid groups (broad SMARTS) is 1. The number of sulfonamides is 1. The van der Waals surface area contributed by atoms with Gasteiger partial charge in [0.05, 0.1) is 20.9 Å². The van der Waals surface area contributed by atoms with Crippen LogP contribution in [0.1, 0.15) is 6.42 Å². The number of benzene rings is 1. The first-order valence-corrected chi connectivity index (χ1v) is 7.70. The quantitative estimate of drug-likeness (QED) is 0.924. The molecule has 1 aromatic carbocycles. The van der Waals surface area contributed by atoms with Gasteiger partial charge < -0.3 is 5.11 Å². The Hall–Kier alpha value is -0.820. The number of hydrogen-bond donors (Lipinski definition) is 1. The number of hydrogen-bond acceptors (Lipinski definition) is 3. The van der Waals surface area contributed by atoms with E-state index in [1.165, 1.54) is 18.2 Å². The molecular formula is C11H11Cl2NO4S. The largest absolute Gasteiger partial charge is 0.481 e.